The summed E-state index contributed by atoms with van der Waals surface area (Å²) in [5, 5.41) is 3.14. The number of nitrogens with one attached hydrogen (secondary N) is 1. The highest BCUT2D eigenvalue weighted by Crippen LogP contribution is 2.26. The number of rotatable bonds is 4. The maximum absolute atomic E-state index is 13.9. The van der Waals surface area contributed by atoms with Crippen molar-refractivity contribution in [2.45, 2.75) is 6.42 Å². The van der Waals surface area contributed by atoms with E-state index in [1.165, 1.54) is 6.07 Å². The van der Waals surface area contributed by atoms with Crippen molar-refractivity contribution in [3.8, 4) is 0 Å². The van der Waals surface area contributed by atoms with Crippen LogP contribution in [-0.2, 0) is 0 Å². The van der Waals surface area contributed by atoms with Gasteiger partial charge < -0.3 is 16.0 Å². The predicted molar refractivity (Wildman–Crippen MR) is 69.2 cm³/mol. The minimum Gasteiger partial charge on any atom is -0.369 e. The second-order valence-corrected chi connectivity index (χ2v) is 4.69. The molecule has 98 valence electrons. The summed E-state index contributed by atoms with van der Waals surface area (Å²) in [6.07, 6.45) is 1.05. The SMILES string of the molecule is CNCC1CCN(c2ccc(C(N)=O)cc2F)C1. The van der Waals surface area contributed by atoms with Crippen molar-refractivity contribution in [3.05, 3.63) is 29.6 Å². The van der Waals surface area contributed by atoms with Gasteiger partial charge in [-0.1, -0.05) is 0 Å². The largest absolute Gasteiger partial charge is 0.369 e. The van der Waals surface area contributed by atoms with E-state index >= 15 is 0 Å². The summed E-state index contributed by atoms with van der Waals surface area (Å²) in [7, 11) is 1.92. The van der Waals surface area contributed by atoms with E-state index in [4.69, 9.17) is 5.73 Å². The van der Waals surface area contributed by atoms with Gasteiger partial charge in [0.25, 0.3) is 0 Å². The van der Waals surface area contributed by atoms with Gasteiger partial charge in [0.2, 0.25) is 5.91 Å². The van der Waals surface area contributed by atoms with Crippen LogP contribution in [0.1, 0.15) is 16.8 Å². The van der Waals surface area contributed by atoms with E-state index in [2.05, 4.69) is 5.32 Å². The standard InChI is InChI=1S/C13H18FN3O/c1-16-7-9-4-5-17(8-9)12-3-2-10(13(15)18)6-11(12)14/h2-3,6,9,16H,4-5,7-8H2,1H3,(H2,15,18). The van der Waals surface area contributed by atoms with Crippen LogP contribution in [0.2, 0.25) is 0 Å². The van der Waals surface area contributed by atoms with Gasteiger partial charge in [-0.3, -0.25) is 4.79 Å². The van der Waals surface area contributed by atoms with Gasteiger partial charge in [-0.2, -0.15) is 0 Å². The third-order valence-electron chi connectivity index (χ3n) is 3.35. The van der Waals surface area contributed by atoms with E-state index in [-0.39, 0.29) is 11.4 Å². The molecular formula is C13H18FN3O. The second-order valence-electron chi connectivity index (χ2n) is 4.69. The lowest BCUT2D eigenvalue weighted by molar-refractivity contribution is 0.1000. The Morgan fingerprint density at radius 2 is 2.39 bits per heavy atom. The van der Waals surface area contributed by atoms with Crippen molar-refractivity contribution in [2.24, 2.45) is 11.7 Å². The van der Waals surface area contributed by atoms with Gasteiger partial charge in [0, 0.05) is 18.7 Å². The first kappa shape index (κ1) is 12.8. The molecule has 1 aliphatic heterocycles. The molecule has 2 rings (SSSR count). The lowest BCUT2D eigenvalue weighted by Crippen LogP contribution is -2.25. The molecule has 0 aliphatic carbocycles. The summed E-state index contributed by atoms with van der Waals surface area (Å²) in [6.45, 7) is 2.63. The number of carbonyl (C=O) groups is 1. The van der Waals surface area contributed by atoms with Gasteiger partial charge in [-0.15, -0.1) is 0 Å². The van der Waals surface area contributed by atoms with Crippen molar-refractivity contribution in [3.63, 3.8) is 0 Å². The number of halogens is 1. The topological polar surface area (TPSA) is 58.4 Å². The molecule has 3 N–H and O–H groups in total. The molecular weight excluding hydrogens is 233 g/mol. The van der Waals surface area contributed by atoms with E-state index in [1.807, 2.05) is 11.9 Å². The summed E-state index contributed by atoms with van der Waals surface area (Å²) in [5.41, 5.74) is 5.88. The smallest absolute Gasteiger partial charge is 0.248 e. The van der Waals surface area contributed by atoms with Gasteiger partial charge in [-0.05, 0) is 44.1 Å². The maximum atomic E-state index is 13.9. The first-order chi connectivity index (χ1) is 8.61. The highest BCUT2D eigenvalue weighted by Gasteiger charge is 2.24. The van der Waals surface area contributed by atoms with E-state index in [0.717, 1.165) is 26.1 Å². The molecule has 0 spiro atoms. The van der Waals surface area contributed by atoms with E-state index in [9.17, 15) is 9.18 Å². The Morgan fingerprint density at radius 3 is 3.00 bits per heavy atom. The van der Waals surface area contributed by atoms with Gasteiger partial charge in [0.15, 0.2) is 0 Å². The van der Waals surface area contributed by atoms with Crippen LogP contribution in [0.15, 0.2) is 18.2 Å². The van der Waals surface area contributed by atoms with Crippen LogP contribution in [0, 0.1) is 11.7 Å². The van der Waals surface area contributed by atoms with Gasteiger partial charge in [0.1, 0.15) is 5.82 Å². The second kappa shape index (κ2) is 5.35. The summed E-state index contributed by atoms with van der Waals surface area (Å²) in [5.74, 6) is -0.434. The third-order valence-corrected chi connectivity index (χ3v) is 3.35. The Balaban J connectivity index is 2.12. The number of nitrogens with zero attached hydrogens (tertiary/aromatic N) is 1. The molecule has 1 unspecified atom stereocenters. The molecule has 0 radical (unpaired) electrons. The summed E-state index contributed by atoms with van der Waals surface area (Å²) >= 11 is 0. The highest BCUT2D eigenvalue weighted by molar-refractivity contribution is 5.93. The molecule has 1 fully saturated rings. The molecule has 1 aliphatic rings. The molecule has 1 heterocycles. The number of primary amides is 1. The number of anilines is 1. The zero-order chi connectivity index (χ0) is 13.1. The van der Waals surface area contributed by atoms with Crippen LogP contribution in [0.4, 0.5) is 10.1 Å². The van der Waals surface area contributed by atoms with Crippen molar-refractivity contribution in [2.75, 3.05) is 31.6 Å². The van der Waals surface area contributed by atoms with Crippen molar-refractivity contribution in [1.82, 2.24) is 5.32 Å². The van der Waals surface area contributed by atoms with Crippen molar-refractivity contribution < 1.29 is 9.18 Å². The molecule has 1 aromatic rings. The maximum Gasteiger partial charge on any atom is 0.248 e. The van der Waals surface area contributed by atoms with Gasteiger partial charge in [-0.25, -0.2) is 4.39 Å². The summed E-state index contributed by atoms with van der Waals surface area (Å²) in [4.78, 5) is 13.0. The molecule has 4 nitrogen and oxygen atoms in total. The first-order valence-electron chi connectivity index (χ1n) is 6.10. The Labute approximate surface area is 106 Å². The number of benzene rings is 1. The molecule has 1 saturated heterocycles. The third kappa shape index (κ3) is 2.61. The lowest BCUT2D eigenvalue weighted by Gasteiger charge is -2.19. The molecule has 1 atom stereocenters. The Kier molecular flexibility index (Phi) is 3.81. The molecule has 0 saturated carbocycles. The minimum atomic E-state index is -0.602. The van der Waals surface area contributed by atoms with Crippen molar-refractivity contribution in [1.29, 1.82) is 0 Å². The Morgan fingerprint density at radius 1 is 1.61 bits per heavy atom. The molecule has 0 bridgehead atoms. The van der Waals surface area contributed by atoms with E-state index in [0.29, 0.717) is 11.6 Å². The normalized spacial score (nSPS) is 19.2. The average molecular weight is 251 g/mol. The molecule has 0 aromatic heterocycles. The van der Waals surface area contributed by atoms with E-state index < -0.39 is 5.91 Å². The summed E-state index contributed by atoms with van der Waals surface area (Å²) in [6, 6.07) is 4.42. The predicted octanol–water partition coefficient (Wildman–Crippen LogP) is 0.970. The fourth-order valence-corrected chi connectivity index (χ4v) is 2.42. The lowest BCUT2D eigenvalue weighted by atomic mass is 10.1. The van der Waals surface area contributed by atoms with Crippen molar-refractivity contribution >= 4 is 11.6 Å². The van der Waals surface area contributed by atoms with Crippen LogP contribution in [0.5, 0.6) is 0 Å². The fraction of sp³-hybridized carbons (Fsp3) is 0.462. The number of nitrogens with two attached hydrogens (primary N) is 1. The number of hydrogen-bond acceptors (Lipinski definition) is 3. The van der Waals surface area contributed by atoms with Gasteiger partial charge in [0.05, 0.1) is 5.69 Å². The summed E-state index contributed by atoms with van der Waals surface area (Å²) < 4.78 is 13.9. The van der Waals surface area contributed by atoms with E-state index in [1.54, 1.807) is 12.1 Å². The molecule has 1 aromatic carbocycles. The molecule has 18 heavy (non-hydrogen) atoms. The molecule has 1 amide bonds. The Bertz CT molecular complexity index is 450. The van der Waals surface area contributed by atoms with Crippen LogP contribution < -0.4 is 16.0 Å². The first-order valence-corrected chi connectivity index (χ1v) is 6.10. The number of hydrogen-bond donors (Lipinski definition) is 2. The highest BCUT2D eigenvalue weighted by atomic mass is 19.1. The van der Waals surface area contributed by atoms with Gasteiger partial charge >= 0.3 is 0 Å². The van der Waals surface area contributed by atoms with Crippen LogP contribution in [-0.4, -0.2) is 32.6 Å². The fourth-order valence-electron chi connectivity index (χ4n) is 2.42. The quantitative estimate of drug-likeness (QED) is 0.838. The number of amides is 1. The number of carbonyl (C=O) groups excluding carboxylic acids is 1. The molecule has 5 heteroatoms. The zero-order valence-electron chi connectivity index (χ0n) is 10.4. The monoisotopic (exact) mass is 251 g/mol. The minimum absolute atomic E-state index is 0.210. The van der Waals surface area contributed by atoms with Crippen LogP contribution >= 0.6 is 0 Å². The van der Waals surface area contributed by atoms with Crippen LogP contribution in [0.25, 0.3) is 0 Å². The van der Waals surface area contributed by atoms with Crippen LogP contribution in [0.3, 0.4) is 0 Å². The Hall–Kier alpha value is -1.62. The average Bonchev–Trinajstić information content (AvgIpc) is 2.77. The zero-order valence-corrected chi connectivity index (χ0v) is 10.4.